The summed E-state index contributed by atoms with van der Waals surface area (Å²) in [5.74, 6) is -0.514. The average Bonchev–Trinajstić information content (AvgIpc) is 3.17. The molecule has 1 N–H and O–H groups in total. The molecule has 7 nitrogen and oxygen atoms in total. The predicted octanol–water partition coefficient (Wildman–Crippen LogP) is 4.21. The van der Waals surface area contributed by atoms with Crippen LogP contribution in [0.15, 0.2) is 36.8 Å². The number of hydrogen-bond acceptors (Lipinski definition) is 6. The Labute approximate surface area is 204 Å². The quantitative estimate of drug-likeness (QED) is 0.510. The number of fused-ring (bicyclic) bond motifs is 1. The van der Waals surface area contributed by atoms with Gasteiger partial charge in [-0.1, -0.05) is 12.2 Å². The van der Waals surface area contributed by atoms with Crippen molar-refractivity contribution >= 4 is 23.0 Å². The lowest BCUT2D eigenvalue weighted by Gasteiger charge is -2.41. The van der Waals surface area contributed by atoms with Crippen LogP contribution in [-0.2, 0) is 17.6 Å². The second-order valence-electron chi connectivity index (χ2n) is 9.19. The van der Waals surface area contributed by atoms with Gasteiger partial charge in [-0.15, -0.1) is 0 Å². The summed E-state index contributed by atoms with van der Waals surface area (Å²) in [6.07, 6.45) is 6.73. The minimum atomic E-state index is -2.98. The number of ether oxygens (including phenoxy) is 1. The highest BCUT2D eigenvalue weighted by molar-refractivity contribution is 7.80. The number of halogens is 3. The molecule has 0 aromatic carbocycles. The van der Waals surface area contributed by atoms with E-state index in [0.717, 1.165) is 22.3 Å². The smallest absolute Gasteiger partial charge is 0.387 e. The fourth-order valence-corrected chi connectivity index (χ4v) is 5.41. The molecule has 3 aromatic rings. The van der Waals surface area contributed by atoms with Gasteiger partial charge in [0.2, 0.25) is 5.91 Å². The summed E-state index contributed by atoms with van der Waals surface area (Å²) >= 11 is 5.20. The molecule has 2 aliphatic rings. The summed E-state index contributed by atoms with van der Waals surface area (Å²) in [6, 6.07) is 4.23. The fourth-order valence-electron chi connectivity index (χ4n) is 4.77. The molecule has 11 heteroatoms. The molecular weight excluding hydrogens is 479 g/mol. The Morgan fingerprint density at radius 1 is 1.29 bits per heavy atom. The van der Waals surface area contributed by atoms with Gasteiger partial charge < -0.3 is 10.1 Å². The molecule has 0 saturated heterocycles. The molecule has 0 spiro atoms. The van der Waals surface area contributed by atoms with Crippen LogP contribution in [0.2, 0.25) is 0 Å². The summed E-state index contributed by atoms with van der Waals surface area (Å²) in [7, 11) is 0. The van der Waals surface area contributed by atoms with E-state index in [1.807, 2.05) is 6.92 Å². The predicted molar refractivity (Wildman–Crippen MR) is 125 cm³/mol. The van der Waals surface area contributed by atoms with E-state index >= 15 is 0 Å². The maximum Gasteiger partial charge on any atom is 0.387 e. The largest absolute Gasteiger partial charge is 0.433 e. The third kappa shape index (κ3) is 4.77. The van der Waals surface area contributed by atoms with Gasteiger partial charge in [0.05, 0.1) is 23.8 Å². The maximum atomic E-state index is 13.5. The zero-order valence-electron chi connectivity index (χ0n) is 18.8. The van der Waals surface area contributed by atoms with Gasteiger partial charge in [0.1, 0.15) is 11.6 Å². The van der Waals surface area contributed by atoms with Crippen LogP contribution in [-0.4, -0.2) is 42.7 Å². The minimum Gasteiger partial charge on any atom is -0.433 e. The maximum absolute atomic E-state index is 13.5. The monoisotopic (exact) mass is 501 g/mol. The zero-order valence-corrected chi connectivity index (χ0v) is 19.6. The molecule has 3 heterocycles. The topological polar surface area (TPSA) is 81.9 Å². The lowest BCUT2D eigenvalue weighted by Crippen LogP contribution is -2.56. The van der Waals surface area contributed by atoms with Crippen molar-refractivity contribution in [1.82, 2.24) is 25.1 Å². The highest BCUT2D eigenvalue weighted by Gasteiger charge is 2.40. The molecule has 0 bridgehead atoms. The van der Waals surface area contributed by atoms with Crippen LogP contribution in [0.4, 0.5) is 13.2 Å². The molecule has 35 heavy (non-hydrogen) atoms. The molecule has 182 valence electrons. The first kappa shape index (κ1) is 23.4. The van der Waals surface area contributed by atoms with Crippen molar-refractivity contribution in [2.24, 2.45) is 5.92 Å². The molecule has 1 saturated carbocycles. The van der Waals surface area contributed by atoms with Gasteiger partial charge in [0.15, 0.2) is 5.82 Å². The van der Waals surface area contributed by atoms with Crippen LogP contribution in [0, 0.1) is 11.7 Å². The third-order valence-electron chi connectivity index (χ3n) is 6.38. The first-order valence-corrected chi connectivity index (χ1v) is 11.6. The number of carbonyl (C=O) groups excluding carboxylic acids is 1. The van der Waals surface area contributed by atoms with E-state index < -0.39 is 12.4 Å². The molecule has 1 fully saturated rings. The first-order chi connectivity index (χ1) is 16.7. The van der Waals surface area contributed by atoms with E-state index in [-0.39, 0.29) is 23.1 Å². The van der Waals surface area contributed by atoms with E-state index in [1.54, 1.807) is 4.68 Å². The molecule has 5 rings (SSSR count). The number of pyridine rings is 2. The molecule has 1 atom stereocenters. The van der Waals surface area contributed by atoms with Gasteiger partial charge in [-0.05, 0) is 42.8 Å². The van der Waals surface area contributed by atoms with Crippen LogP contribution in [0.25, 0.3) is 17.1 Å². The van der Waals surface area contributed by atoms with E-state index in [0.29, 0.717) is 49.2 Å². The van der Waals surface area contributed by atoms with Gasteiger partial charge >= 0.3 is 6.61 Å². The number of nitrogens with zero attached hydrogens (tertiary/aromatic N) is 4. The molecule has 1 unspecified atom stereocenters. The first-order valence-electron chi connectivity index (χ1n) is 11.2. The Balaban J connectivity index is 1.50. The van der Waals surface area contributed by atoms with Crippen molar-refractivity contribution in [3.63, 3.8) is 0 Å². The Kier molecular flexibility index (Phi) is 6.04. The summed E-state index contributed by atoms with van der Waals surface area (Å²) in [5, 5.41) is 7.82. The van der Waals surface area contributed by atoms with E-state index in [1.165, 1.54) is 30.6 Å². The Hall–Kier alpha value is -3.34. The zero-order chi connectivity index (χ0) is 24.7. The second kappa shape index (κ2) is 9.03. The molecule has 3 aromatic heterocycles. The van der Waals surface area contributed by atoms with Gasteiger partial charge in [-0.2, -0.15) is 13.9 Å². The summed E-state index contributed by atoms with van der Waals surface area (Å²) in [4.78, 5) is 22.2. The number of alkyl halides is 2. The number of rotatable bonds is 6. The number of carbonyl (C=O) groups is 1. The van der Waals surface area contributed by atoms with Crippen molar-refractivity contribution in [3.8, 4) is 22.8 Å². The summed E-state index contributed by atoms with van der Waals surface area (Å²) < 4.78 is 45.0. The summed E-state index contributed by atoms with van der Waals surface area (Å²) in [5.41, 5.74) is 2.36. The van der Waals surface area contributed by atoms with Crippen LogP contribution >= 0.6 is 12.2 Å². The molecule has 0 radical (unpaired) electrons. The van der Waals surface area contributed by atoms with Crippen LogP contribution in [0.5, 0.6) is 5.75 Å². The number of amides is 1. The van der Waals surface area contributed by atoms with E-state index in [4.69, 9.17) is 12.2 Å². The highest BCUT2D eigenvalue weighted by Crippen LogP contribution is 2.36. The van der Waals surface area contributed by atoms with Crippen LogP contribution < -0.4 is 10.1 Å². The number of thiocarbonyl (C=S) groups is 1. The van der Waals surface area contributed by atoms with Crippen molar-refractivity contribution in [3.05, 3.63) is 53.9 Å². The Morgan fingerprint density at radius 3 is 2.77 bits per heavy atom. The molecular formula is C24H22F3N5O2S. The van der Waals surface area contributed by atoms with E-state index in [9.17, 15) is 18.0 Å². The minimum absolute atomic E-state index is 0.0454. The van der Waals surface area contributed by atoms with Gasteiger partial charge in [-0.25, -0.2) is 14.1 Å². The van der Waals surface area contributed by atoms with E-state index in [2.05, 4.69) is 25.1 Å². The lowest BCUT2D eigenvalue weighted by molar-refractivity contribution is -0.127. The van der Waals surface area contributed by atoms with Gasteiger partial charge in [0, 0.05) is 48.0 Å². The van der Waals surface area contributed by atoms with Crippen LogP contribution in [0.1, 0.15) is 37.4 Å². The third-order valence-corrected chi connectivity index (χ3v) is 6.67. The standard InChI is InChI=1S/C24H22F3N5O2S/c1-24(8-17(35)9-24)30-22(33)13-2-4-18-19(7-13)32(20-5-3-15(25)11-29-20)31-21(18)14-6-16(12-28-10-14)34-23(26)27/h3,5-6,10-13,23H,2,4,7-9H2,1H3,(H,30,33). The van der Waals surface area contributed by atoms with Crippen molar-refractivity contribution < 1.29 is 22.7 Å². The van der Waals surface area contributed by atoms with Crippen molar-refractivity contribution in [2.45, 2.75) is 51.2 Å². The van der Waals surface area contributed by atoms with Gasteiger partial charge in [0.25, 0.3) is 0 Å². The van der Waals surface area contributed by atoms with Gasteiger partial charge in [-0.3, -0.25) is 9.78 Å². The molecule has 2 aliphatic carbocycles. The van der Waals surface area contributed by atoms with Crippen LogP contribution in [0.3, 0.4) is 0 Å². The number of aromatic nitrogens is 4. The van der Waals surface area contributed by atoms with Crippen molar-refractivity contribution in [1.29, 1.82) is 0 Å². The molecule has 1 amide bonds. The SMILES string of the molecule is CC1(NC(=O)C2CCc3c(-c4cncc(OC(F)F)c4)nn(-c4ccc(F)cn4)c3C2)CC(=S)C1. The average molecular weight is 502 g/mol. The lowest BCUT2D eigenvalue weighted by atomic mass is 9.77. The fraction of sp³-hybridized carbons (Fsp3) is 0.375. The Morgan fingerprint density at radius 2 is 2.09 bits per heavy atom. The van der Waals surface area contributed by atoms with Crippen molar-refractivity contribution in [2.75, 3.05) is 0 Å². The number of nitrogens with one attached hydrogen (secondary N) is 1. The molecule has 0 aliphatic heterocycles. The normalized spacial score (nSPS) is 18.7. The number of hydrogen-bond donors (Lipinski definition) is 1. The second-order valence-corrected chi connectivity index (χ2v) is 9.77. The highest BCUT2D eigenvalue weighted by atomic mass is 32.1. The summed E-state index contributed by atoms with van der Waals surface area (Å²) in [6.45, 7) is -0.991. The Bertz CT molecular complexity index is 1290.